The molecule has 0 saturated carbocycles. The van der Waals surface area contributed by atoms with Crippen LogP contribution in [0.5, 0.6) is 11.5 Å². The van der Waals surface area contributed by atoms with Gasteiger partial charge in [0, 0.05) is 17.6 Å². The lowest BCUT2D eigenvalue weighted by atomic mass is 10.2. The molecule has 0 aliphatic rings. The molecule has 0 aliphatic heterocycles. The second kappa shape index (κ2) is 13.7. The number of nitrogens with zero attached hydrogens (tertiary/aromatic N) is 3. The first-order valence-electron chi connectivity index (χ1n) is 10.9. The van der Waals surface area contributed by atoms with E-state index in [0.29, 0.717) is 44.8 Å². The minimum Gasteiger partial charge on any atom is -0.493 e. The monoisotopic (exact) mass is 561 g/mol. The number of methoxy groups -OCH3 is 2. The third-order valence-electron chi connectivity index (χ3n) is 4.90. The van der Waals surface area contributed by atoms with Crippen molar-refractivity contribution in [2.24, 2.45) is 0 Å². The zero-order valence-electron chi connectivity index (χ0n) is 20.2. The summed E-state index contributed by atoms with van der Waals surface area (Å²) in [5.74, 6) is 1.17. The Kier molecular flexibility index (Phi) is 10.4. The summed E-state index contributed by atoms with van der Waals surface area (Å²) < 4.78 is 12.3. The van der Waals surface area contributed by atoms with Gasteiger partial charge in [-0.2, -0.15) is 0 Å². The van der Waals surface area contributed by atoms with Crippen molar-refractivity contribution in [3.8, 4) is 11.5 Å². The Hall–Kier alpha value is -3.47. The molecule has 0 radical (unpaired) electrons. The predicted octanol–water partition coefficient (Wildman–Crippen LogP) is 4.85. The lowest BCUT2D eigenvalue weighted by Crippen LogP contribution is -2.23. The molecule has 0 aliphatic carbocycles. The van der Waals surface area contributed by atoms with E-state index in [9.17, 15) is 9.59 Å². The third kappa shape index (κ3) is 8.01. The van der Waals surface area contributed by atoms with E-state index in [-0.39, 0.29) is 24.1 Å². The fraction of sp³-hybridized carbons (Fsp3) is 0.200. The van der Waals surface area contributed by atoms with Crippen molar-refractivity contribution in [1.29, 1.82) is 0 Å². The van der Waals surface area contributed by atoms with Gasteiger partial charge in [-0.05, 0) is 42.0 Å². The Morgan fingerprint density at radius 1 is 1.11 bits per heavy atom. The summed E-state index contributed by atoms with van der Waals surface area (Å²) >= 11 is 13.3. The van der Waals surface area contributed by atoms with Gasteiger partial charge in [0.2, 0.25) is 11.8 Å². The van der Waals surface area contributed by atoms with E-state index in [1.807, 2.05) is 6.07 Å². The van der Waals surface area contributed by atoms with Crippen LogP contribution in [0.25, 0.3) is 6.08 Å². The molecule has 0 bridgehead atoms. The molecule has 0 unspecified atom stereocenters. The number of carbonyl (C=O) groups excluding carboxylic acids is 2. The highest BCUT2D eigenvalue weighted by molar-refractivity contribution is 7.99. The fourth-order valence-electron chi connectivity index (χ4n) is 3.13. The number of hydrogen-bond donors (Lipinski definition) is 2. The first-order chi connectivity index (χ1) is 17.8. The van der Waals surface area contributed by atoms with E-state index in [4.69, 9.17) is 32.7 Å². The number of hydrogen-bond acceptors (Lipinski definition) is 7. The largest absolute Gasteiger partial charge is 0.493 e. The van der Waals surface area contributed by atoms with Crippen LogP contribution in [0.2, 0.25) is 10.0 Å². The van der Waals surface area contributed by atoms with Gasteiger partial charge in [0.15, 0.2) is 22.5 Å². The minimum absolute atomic E-state index is 0.0680. The molecule has 9 nitrogen and oxygen atoms in total. The van der Waals surface area contributed by atoms with Gasteiger partial charge >= 0.3 is 0 Å². The van der Waals surface area contributed by atoms with Crippen molar-refractivity contribution in [3.63, 3.8) is 0 Å². The molecule has 194 valence electrons. The van der Waals surface area contributed by atoms with Crippen LogP contribution in [0.1, 0.15) is 11.4 Å². The molecule has 3 aromatic rings. The van der Waals surface area contributed by atoms with E-state index in [1.54, 1.807) is 61.3 Å². The maximum atomic E-state index is 12.4. The van der Waals surface area contributed by atoms with Gasteiger partial charge in [-0.25, -0.2) is 0 Å². The maximum absolute atomic E-state index is 12.4. The lowest BCUT2D eigenvalue weighted by Gasteiger charge is -2.09. The Labute approximate surface area is 228 Å². The number of nitrogens with one attached hydrogen (secondary N) is 2. The molecule has 0 fully saturated rings. The van der Waals surface area contributed by atoms with Gasteiger partial charge in [-0.15, -0.1) is 16.8 Å². The number of anilines is 1. The van der Waals surface area contributed by atoms with Crippen LogP contribution in [0.4, 0.5) is 5.69 Å². The maximum Gasteiger partial charge on any atom is 0.244 e. The van der Waals surface area contributed by atoms with E-state index < -0.39 is 0 Å². The Balaban J connectivity index is 1.58. The minimum atomic E-state index is -0.310. The van der Waals surface area contributed by atoms with Crippen molar-refractivity contribution in [1.82, 2.24) is 20.1 Å². The van der Waals surface area contributed by atoms with Gasteiger partial charge in [0.25, 0.3) is 0 Å². The van der Waals surface area contributed by atoms with Crippen LogP contribution in [-0.2, 0) is 22.7 Å². The summed E-state index contributed by atoms with van der Waals surface area (Å²) in [6.07, 6.45) is 4.76. The van der Waals surface area contributed by atoms with Crippen LogP contribution < -0.4 is 20.1 Å². The number of benzene rings is 2. The molecule has 0 atom stereocenters. The van der Waals surface area contributed by atoms with Gasteiger partial charge < -0.3 is 24.7 Å². The van der Waals surface area contributed by atoms with Crippen LogP contribution in [0.3, 0.4) is 0 Å². The molecule has 2 aromatic carbocycles. The van der Waals surface area contributed by atoms with E-state index in [1.165, 1.54) is 17.8 Å². The number of halogens is 2. The number of carbonyl (C=O) groups is 2. The zero-order valence-corrected chi connectivity index (χ0v) is 22.5. The predicted molar refractivity (Wildman–Crippen MR) is 146 cm³/mol. The smallest absolute Gasteiger partial charge is 0.244 e. The van der Waals surface area contributed by atoms with Gasteiger partial charge in [0.05, 0.1) is 37.2 Å². The molecule has 0 spiro atoms. The van der Waals surface area contributed by atoms with Gasteiger partial charge in [-0.3, -0.25) is 9.59 Å². The number of thioether (sulfide) groups is 1. The molecule has 0 saturated heterocycles. The van der Waals surface area contributed by atoms with Crippen LogP contribution in [0, 0.1) is 0 Å². The molecule has 2 N–H and O–H groups in total. The molecular weight excluding hydrogens is 537 g/mol. The summed E-state index contributed by atoms with van der Waals surface area (Å²) in [4.78, 5) is 24.8. The summed E-state index contributed by atoms with van der Waals surface area (Å²) in [6, 6.07) is 10.2. The summed E-state index contributed by atoms with van der Waals surface area (Å²) in [6.45, 7) is 4.31. The van der Waals surface area contributed by atoms with Crippen molar-refractivity contribution in [2.45, 2.75) is 18.2 Å². The van der Waals surface area contributed by atoms with E-state index in [0.717, 1.165) is 5.56 Å². The molecule has 37 heavy (non-hydrogen) atoms. The Morgan fingerprint density at radius 2 is 1.89 bits per heavy atom. The molecule has 1 aromatic heterocycles. The first-order valence-corrected chi connectivity index (χ1v) is 12.7. The summed E-state index contributed by atoms with van der Waals surface area (Å²) in [5, 5.41) is 15.2. The fourth-order valence-corrected chi connectivity index (χ4v) is 4.24. The van der Waals surface area contributed by atoms with Crippen molar-refractivity contribution < 1.29 is 19.1 Å². The SMILES string of the molecule is C=CCn1c(CNC(=O)/C=C/c2ccc(OC)c(OC)c2)nnc1SCC(=O)Nc1cc(Cl)ccc1Cl. The number of rotatable bonds is 12. The highest BCUT2D eigenvalue weighted by Gasteiger charge is 2.15. The Bertz CT molecular complexity index is 1310. The molecule has 3 rings (SSSR count). The highest BCUT2D eigenvalue weighted by atomic mass is 35.5. The van der Waals surface area contributed by atoms with E-state index >= 15 is 0 Å². The van der Waals surface area contributed by atoms with Crippen molar-refractivity contribution >= 4 is 58.5 Å². The molecule has 12 heteroatoms. The number of ether oxygens (including phenoxy) is 2. The molecule has 2 amide bonds. The van der Waals surface area contributed by atoms with Gasteiger partial charge in [-0.1, -0.05) is 47.1 Å². The van der Waals surface area contributed by atoms with Crippen LogP contribution in [-0.4, -0.2) is 46.6 Å². The number of allylic oxidation sites excluding steroid dienone is 1. The quantitative estimate of drug-likeness (QED) is 0.185. The van der Waals surface area contributed by atoms with Gasteiger partial charge in [0.1, 0.15) is 0 Å². The molecular formula is C25H25Cl2N5O4S. The second-order valence-electron chi connectivity index (χ2n) is 7.42. The summed E-state index contributed by atoms with van der Waals surface area (Å²) in [7, 11) is 3.10. The van der Waals surface area contributed by atoms with E-state index in [2.05, 4.69) is 27.4 Å². The summed E-state index contributed by atoms with van der Waals surface area (Å²) in [5.41, 5.74) is 1.20. The standard InChI is InChI=1S/C25H25Cl2N5O4S/c1-4-11-32-22(14-28-23(33)10-6-16-5-9-20(35-2)21(12-16)36-3)30-31-25(32)37-15-24(34)29-19-13-17(26)7-8-18(19)27/h4-10,12-13H,1,11,14-15H2,2-3H3,(H,28,33)(H,29,34)/b10-6+. The lowest BCUT2D eigenvalue weighted by molar-refractivity contribution is -0.116. The Morgan fingerprint density at radius 3 is 2.62 bits per heavy atom. The molecule has 1 heterocycles. The number of amides is 2. The zero-order chi connectivity index (χ0) is 26.8. The highest BCUT2D eigenvalue weighted by Crippen LogP contribution is 2.28. The first kappa shape index (κ1) is 28.1. The average molecular weight is 562 g/mol. The van der Waals surface area contributed by atoms with Crippen molar-refractivity contribution in [3.05, 3.63) is 76.6 Å². The topological polar surface area (TPSA) is 107 Å². The number of aromatic nitrogens is 3. The van der Waals surface area contributed by atoms with Crippen LogP contribution in [0.15, 0.2) is 60.3 Å². The van der Waals surface area contributed by atoms with Crippen LogP contribution >= 0.6 is 35.0 Å². The van der Waals surface area contributed by atoms with Crippen molar-refractivity contribution in [2.75, 3.05) is 25.3 Å². The second-order valence-corrected chi connectivity index (χ2v) is 9.21. The normalized spacial score (nSPS) is 10.8. The average Bonchev–Trinajstić information content (AvgIpc) is 3.28. The third-order valence-corrected chi connectivity index (χ3v) is 6.43.